The van der Waals surface area contributed by atoms with Gasteiger partial charge < -0.3 is 29.1 Å². The molecule has 4 N–H and O–H groups in total. The second-order valence-electron chi connectivity index (χ2n) is 10.5. The highest BCUT2D eigenvalue weighted by molar-refractivity contribution is 7.61. The van der Waals surface area contributed by atoms with Crippen LogP contribution in [0.15, 0.2) is 12.7 Å². The topological polar surface area (TPSA) is 173 Å². The number of hydrogen-bond acceptors (Lipinski definition) is 11. The number of anilines is 1. The van der Waals surface area contributed by atoms with Gasteiger partial charge in [-0.1, -0.05) is 33.1 Å². The minimum absolute atomic E-state index is 0.110. The fourth-order valence-corrected chi connectivity index (χ4v) is 5.90. The van der Waals surface area contributed by atoms with Crippen LogP contribution in [0.1, 0.15) is 73.6 Å². The molecule has 40 heavy (non-hydrogen) atoms. The van der Waals surface area contributed by atoms with Crippen molar-refractivity contribution in [1.29, 1.82) is 0 Å². The Balaban J connectivity index is 2.08. The molecule has 14 heteroatoms. The van der Waals surface area contributed by atoms with E-state index in [0.29, 0.717) is 30.9 Å². The summed E-state index contributed by atoms with van der Waals surface area (Å²) >= 11 is 0. The number of nitrogen functional groups attached to an aromatic ring is 1. The number of nitrogens with one attached hydrogen (secondary N) is 2. The summed E-state index contributed by atoms with van der Waals surface area (Å²) in [6.45, 7) is 11.8. The van der Waals surface area contributed by atoms with Crippen LogP contribution < -0.4 is 16.1 Å². The normalized spacial score (nSPS) is 14.9. The SMILES string of the molecule is CCCCCOC(=O)C(C)(C)NC[P@](=O)(CO[C@H](C)Cn1cnc2c(N)ncnc21)N[C@H](C)C(=O)OCCCC. The molecule has 2 aromatic rings. The molecule has 0 aliphatic carbocycles. The number of ether oxygens (including phenoxy) is 3. The van der Waals surface area contributed by atoms with E-state index in [0.717, 1.165) is 32.1 Å². The maximum atomic E-state index is 14.1. The van der Waals surface area contributed by atoms with Crippen molar-refractivity contribution in [2.24, 2.45) is 0 Å². The average Bonchev–Trinajstić information content (AvgIpc) is 3.32. The first-order valence-electron chi connectivity index (χ1n) is 13.9. The number of carbonyl (C=O) groups excluding carboxylic acids is 2. The van der Waals surface area contributed by atoms with Gasteiger partial charge in [0.1, 0.15) is 29.8 Å². The molecule has 2 rings (SSSR count). The zero-order valence-corrected chi connectivity index (χ0v) is 25.5. The first kappa shape index (κ1) is 33.6. The van der Waals surface area contributed by atoms with E-state index >= 15 is 0 Å². The first-order valence-corrected chi connectivity index (χ1v) is 16.0. The van der Waals surface area contributed by atoms with Crippen molar-refractivity contribution in [3.05, 3.63) is 12.7 Å². The third-order valence-corrected chi connectivity index (χ3v) is 8.34. The number of carbonyl (C=O) groups is 2. The Hall–Kier alpha value is -2.60. The summed E-state index contributed by atoms with van der Waals surface area (Å²) in [4.78, 5) is 37.6. The van der Waals surface area contributed by atoms with E-state index in [1.54, 1.807) is 31.7 Å². The lowest BCUT2D eigenvalue weighted by Crippen LogP contribution is -2.49. The maximum absolute atomic E-state index is 14.1. The van der Waals surface area contributed by atoms with Gasteiger partial charge in [-0.3, -0.25) is 20.0 Å². The smallest absolute Gasteiger partial charge is 0.325 e. The molecule has 0 spiro atoms. The van der Waals surface area contributed by atoms with Gasteiger partial charge in [0.25, 0.3) is 0 Å². The Morgan fingerprint density at radius 3 is 2.48 bits per heavy atom. The summed E-state index contributed by atoms with van der Waals surface area (Å²) in [5, 5.41) is 5.99. The molecule has 226 valence electrons. The molecule has 0 bridgehead atoms. The summed E-state index contributed by atoms with van der Waals surface area (Å²) in [5.74, 6) is -0.661. The van der Waals surface area contributed by atoms with Gasteiger partial charge in [0, 0.05) is 0 Å². The molecule has 0 unspecified atom stereocenters. The van der Waals surface area contributed by atoms with Crippen LogP contribution in [0.5, 0.6) is 0 Å². The minimum atomic E-state index is -3.40. The lowest BCUT2D eigenvalue weighted by Gasteiger charge is -2.29. The molecule has 0 radical (unpaired) electrons. The summed E-state index contributed by atoms with van der Waals surface area (Å²) in [6, 6.07) is -0.843. The molecule has 13 nitrogen and oxygen atoms in total. The minimum Gasteiger partial charge on any atom is -0.465 e. The lowest BCUT2D eigenvalue weighted by molar-refractivity contribution is -0.150. The van der Waals surface area contributed by atoms with Gasteiger partial charge in [-0.2, -0.15) is 0 Å². The number of rotatable bonds is 19. The molecule has 3 atom stereocenters. The van der Waals surface area contributed by atoms with Crippen molar-refractivity contribution in [3.8, 4) is 0 Å². The summed E-state index contributed by atoms with van der Waals surface area (Å²) in [6.07, 6.45) is 6.66. The van der Waals surface area contributed by atoms with Gasteiger partial charge >= 0.3 is 11.9 Å². The maximum Gasteiger partial charge on any atom is 0.325 e. The number of unbranched alkanes of at least 4 members (excludes halogenated alkanes) is 3. The van der Waals surface area contributed by atoms with Gasteiger partial charge in [-0.25, -0.2) is 15.0 Å². The fourth-order valence-electron chi connectivity index (χ4n) is 3.68. The molecule has 0 aliphatic rings. The van der Waals surface area contributed by atoms with E-state index < -0.39 is 36.9 Å². The van der Waals surface area contributed by atoms with E-state index in [1.807, 2.05) is 13.8 Å². The Morgan fingerprint density at radius 2 is 1.77 bits per heavy atom. The van der Waals surface area contributed by atoms with Crippen molar-refractivity contribution in [1.82, 2.24) is 29.9 Å². The van der Waals surface area contributed by atoms with Crippen molar-refractivity contribution in [2.45, 2.75) is 97.9 Å². The van der Waals surface area contributed by atoms with Gasteiger partial charge in [0.2, 0.25) is 0 Å². The molecule has 0 aromatic carbocycles. The summed E-state index contributed by atoms with van der Waals surface area (Å²) in [7, 11) is -3.40. The van der Waals surface area contributed by atoms with Crippen LogP contribution >= 0.6 is 7.29 Å². The van der Waals surface area contributed by atoms with Gasteiger partial charge in [0.05, 0.1) is 38.5 Å². The number of imidazole rings is 1. The average molecular weight is 584 g/mol. The molecule has 2 aromatic heterocycles. The first-order chi connectivity index (χ1) is 18.9. The van der Waals surface area contributed by atoms with E-state index in [1.165, 1.54) is 6.33 Å². The number of aromatic nitrogens is 4. The lowest BCUT2D eigenvalue weighted by atomic mass is 10.1. The van der Waals surface area contributed by atoms with E-state index in [4.69, 9.17) is 19.9 Å². The van der Waals surface area contributed by atoms with Crippen molar-refractivity contribution >= 4 is 36.2 Å². The van der Waals surface area contributed by atoms with Crippen LogP contribution in [0, 0.1) is 0 Å². The van der Waals surface area contributed by atoms with E-state index in [9.17, 15) is 14.2 Å². The zero-order valence-electron chi connectivity index (χ0n) is 24.6. The van der Waals surface area contributed by atoms with Crippen LogP contribution in [0.2, 0.25) is 0 Å². The Labute approximate surface area is 236 Å². The molecular weight excluding hydrogens is 537 g/mol. The highest BCUT2D eigenvalue weighted by atomic mass is 31.2. The molecule has 0 saturated carbocycles. The Kier molecular flexibility index (Phi) is 13.4. The quantitative estimate of drug-likeness (QED) is 0.125. The second-order valence-corrected chi connectivity index (χ2v) is 13.1. The second kappa shape index (κ2) is 16.0. The van der Waals surface area contributed by atoms with Gasteiger partial charge in [0.15, 0.2) is 18.8 Å². The number of nitrogens with zero attached hydrogens (tertiary/aromatic N) is 4. The molecule has 0 saturated heterocycles. The third kappa shape index (κ3) is 10.4. The van der Waals surface area contributed by atoms with E-state index in [2.05, 4.69) is 32.3 Å². The molecule has 0 amide bonds. The molecule has 0 fully saturated rings. The third-order valence-electron chi connectivity index (χ3n) is 6.24. The Morgan fingerprint density at radius 1 is 1.07 bits per heavy atom. The monoisotopic (exact) mass is 583 g/mol. The number of fused-ring (bicyclic) bond motifs is 1. The highest BCUT2D eigenvalue weighted by Crippen LogP contribution is 2.41. The predicted octanol–water partition coefficient (Wildman–Crippen LogP) is 3.43. The summed E-state index contributed by atoms with van der Waals surface area (Å²) in [5.41, 5.74) is 5.83. The summed E-state index contributed by atoms with van der Waals surface area (Å²) < 4.78 is 32.6. The molecular formula is C26H46N7O6P. The number of hydrogen-bond donors (Lipinski definition) is 3. The van der Waals surface area contributed by atoms with Gasteiger partial charge in [-0.15, -0.1) is 0 Å². The fraction of sp³-hybridized carbons (Fsp3) is 0.731. The standard InChI is InChI=1S/C26H46N7O6P/c1-7-9-11-13-38-25(35)26(5,6)31-17-40(36,32-20(4)24(34)37-12-10-8-2)18-39-19(3)14-33-16-30-21-22(27)28-15-29-23(21)33/h15-16,19-20,31H,7-14,17-18H2,1-6H3,(H,32,36)(H2,27,28,29)/t19-,20-,40+/m1/s1. The Bertz CT molecular complexity index is 1140. The van der Waals surface area contributed by atoms with Crippen LogP contribution in [0.3, 0.4) is 0 Å². The van der Waals surface area contributed by atoms with Crippen molar-refractivity contribution < 1.29 is 28.4 Å². The van der Waals surface area contributed by atoms with Crippen LogP contribution in [-0.2, 0) is 34.9 Å². The zero-order chi connectivity index (χ0) is 29.8. The highest BCUT2D eigenvalue weighted by Gasteiger charge is 2.35. The molecule has 0 aliphatic heterocycles. The number of esters is 2. The van der Waals surface area contributed by atoms with Crippen LogP contribution in [0.4, 0.5) is 5.82 Å². The predicted molar refractivity (Wildman–Crippen MR) is 154 cm³/mol. The van der Waals surface area contributed by atoms with Crippen LogP contribution in [-0.4, -0.2) is 75.0 Å². The molecule has 2 heterocycles. The largest absolute Gasteiger partial charge is 0.465 e. The van der Waals surface area contributed by atoms with Gasteiger partial charge in [-0.05, 0) is 40.5 Å². The number of nitrogens with two attached hydrogens (primary N) is 1. The van der Waals surface area contributed by atoms with Crippen molar-refractivity contribution in [2.75, 3.05) is 31.6 Å². The van der Waals surface area contributed by atoms with Crippen molar-refractivity contribution in [3.63, 3.8) is 0 Å². The van der Waals surface area contributed by atoms with Crippen LogP contribution in [0.25, 0.3) is 11.2 Å². The van der Waals surface area contributed by atoms with E-state index in [-0.39, 0.29) is 18.5 Å².